The number of nitrogens with two attached hydrogens (primary N) is 1. The molecule has 3 amide bonds. The summed E-state index contributed by atoms with van der Waals surface area (Å²) in [4.78, 5) is 35.5. The Balaban J connectivity index is 1.98. The van der Waals surface area contributed by atoms with Crippen molar-refractivity contribution in [1.29, 1.82) is 0 Å². The van der Waals surface area contributed by atoms with E-state index in [-0.39, 0.29) is 24.4 Å². The van der Waals surface area contributed by atoms with Crippen LogP contribution in [0.2, 0.25) is 0 Å². The van der Waals surface area contributed by atoms with Gasteiger partial charge in [-0.05, 0) is 44.2 Å². The molecular formula is C19H22N4O3. The summed E-state index contributed by atoms with van der Waals surface area (Å²) in [5.41, 5.74) is 7.08. The van der Waals surface area contributed by atoms with Crippen LogP contribution in [-0.2, 0) is 4.79 Å². The Morgan fingerprint density at radius 3 is 2.46 bits per heavy atom. The SMILES string of the molecule is CC(C)NC(=O)c1cccc(NC(=O)CNc2ccccc2C(N)=O)c1. The van der Waals surface area contributed by atoms with Gasteiger partial charge in [0.25, 0.3) is 11.8 Å². The van der Waals surface area contributed by atoms with Crippen LogP contribution in [0.25, 0.3) is 0 Å². The molecule has 2 aromatic rings. The Hall–Kier alpha value is -3.35. The van der Waals surface area contributed by atoms with Crippen molar-refractivity contribution in [3.63, 3.8) is 0 Å². The zero-order chi connectivity index (χ0) is 19.1. The van der Waals surface area contributed by atoms with E-state index in [1.54, 1.807) is 48.5 Å². The number of para-hydroxylation sites is 1. The van der Waals surface area contributed by atoms with Crippen LogP contribution in [-0.4, -0.2) is 30.3 Å². The Kier molecular flexibility index (Phi) is 6.32. The van der Waals surface area contributed by atoms with Crippen molar-refractivity contribution < 1.29 is 14.4 Å². The van der Waals surface area contributed by atoms with Gasteiger partial charge in [-0.25, -0.2) is 0 Å². The maximum absolute atomic E-state index is 12.1. The van der Waals surface area contributed by atoms with Crippen molar-refractivity contribution in [3.05, 3.63) is 59.7 Å². The molecule has 5 N–H and O–H groups in total. The molecule has 0 saturated heterocycles. The van der Waals surface area contributed by atoms with E-state index in [0.29, 0.717) is 22.5 Å². The van der Waals surface area contributed by atoms with Crippen molar-refractivity contribution in [2.24, 2.45) is 5.73 Å². The van der Waals surface area contributed by atoms with Gasteiger partial charge < -0.3 is 21.7 Å². The summed E-state index contributed by atoms with van der Waals surface area (Å²) in [7, 11) is 0. The molecule has 136 valence electrons. The highest BCUT2D eigenvalue weighted by atomic mass is 16.2. The maximum Gasteiger partial charge on any atom is 0.251 e. The predicted molar refractivity (Wildman–Crippen MR) is 101 cm³/mol. The highest BCUT2D eigenvalue weighted by Crippen LogP contribution is 2.14. The lowest BCUT2D eigenvalue weighted by atomic mass is 10.1. The van der Waals surface area contributed by atoms with Gasteiger partial charge in [-0.15, -0.1) is 0 Å². The van der Waals surface area contributed by atoms with Crippen molar-refractivity contribution >= 4 is 29.1 Å². The molecule has 0 aromatic heterocycles. The van der Waals surface area contributed by atoms with Gasteiger partial charge >= 0.3 is 0 Å². The second kappa shape index (κ2) is 8.66. The van der Waals surface area contributed by atoms with Crippen LogP contribution in [0.5, 0.6) is 0 Å². The largest absolute Gasteiger partial charge is 0.376 e. The second-order valence-electron chi connectivity index (χ2n) is 6.02. The predicted octanol–water partition coefficient (Wildman–Crippen LogP) is 1.97. The van der Waals surface area contributed by atoms with Gasteiger partial charge in [0.05, 0.1) is 12.1 Å². The third kappa shape index (κ3) is 5.34. The lowest BCUT2D eigenvalue weighted by Crippen LogP contribution is -2.30. The minimum absolute atomic E-state index is 0.0234. The molecule has 2 aromatic carbocycles. The molecule has 7 nitrogen and oxygen atoms in total. The highest BCUT2D eigenvalue weighted by molar-refractivity contribution is 6.00. The summed E-state index contributed by atoms with van der Waals surface area (Å²) >= 11 is 0. The average Bonchev–Trinajstić information content (AvgIpc) is 2.59. The molecule has 0 radical (unpaired) electrons. The Labute approximate surface area is 152 Å². The fraction of sp³-hybridized carbons (Fsp3) is 0.211. The van der Waals surface area contributed by atoms with Gasteiger partial charge in [0.2, 0.25) is 5.91 Å². The molecule has 0 aliphatic heterocycles. The number of anilines is 2. The Bertz CT molecular complexity index is 818. The zero-order valence-electron chi connectivity index (χ0n) is 14.7. The van der Waals surface area contributed by atoms with Crippen LogP contribution in [0.1, 0.15) is 34.6 Å². The number of primary amides is 1. The lowest BCUT2D eigenvalue weighted by Gasteiger charge is -2.12. The number of benzene rings is 2. The Morgan fingerprint density at radius 2 is 1.77 bits per heavy atom. The standard InChI is InChI=1S/C19H22N4O3/c1-12(2)22-19(26)13-6-5-7-14(10-13)23-17(24)11-21-16-9-4-3-8-15(16)18(20)25/h3-10,12,21H,11H2,1-2H3,(H2,20,25)(H,22,26)(H,23,24). The second-order valence-corrected chi connectivity index (χ2v) is 6.02. The molecule has 0 spiro atoms. The number of carbonyl (C=O) groups excluding carboxylic acids is 3. The topological polar surface area (TPSA) is 113 Å². The van der Waals surface area contributed by atoms with Crippen molar-refractivity contribution in [3.8, 4) is 0 Å². The number of hydrogen-bond acceptors (Lipinski definition) is 4. The van der Waals surface area contributed by atoms with E-state index in [2.05, 4.69) is 16.0 Å². The zero-order valence-corrected chi connectivity index (χ0v) is 14.7. The number of carbonyl (C=O) groups is 3. The van der Waals surface area contributed by atoms with E-state index in [0.717, 1.165) is 0 Å². The molecule has 0 heterocycles. The number of rotatable bonds is 7. The molecule has 0 saturated carbocycles. The average molecular weight is 354 g/mol. The summed E-state index contributed by atoms with van der Waals surface area (Å²) in [6.07, 6.45) is 0. The first kappa shape index (κ1) is 19.0. The fourth-order valence-corrected chi connectivity index (χ4v) is 2.32. The monoisotopic (exact) mass is 354 g/mol. The van der Waals surface area contributed by atoms with Crippen LogP contribution in [0.15, 0.2) is 48.5 Å². The molecule has 0 atom stereocenters. The lowest BCUT2D eigenvalue weighted by molar-refractivity contribution is -0.114. The van der Waals surface area contributed by atoms with E-state index in [4.69, 9.17) is 5.73 Å². The summed E-state index contributed by atoms with van der Waals surface area (Å²) in [5.74, 6) is -1.09. The molecular weight excluding hydrogens is 332 g/mol. The van der Waals surface area contributed by atoms with Gasteiger partial charge in [-0.2, -0.15) is 0 Å². The van der Waals surface area contributed by atoms with Crippen LogP contribution in [0.4, 0.5) is 11.4 Å². The van der Waals surface area contributed by atoms with Gasteiger partial charge in [-0.1, -0.05) is 18.2 Å². The van der Waals surface area contributed by atoms with E-state index >= 15 is 0 Å². The van der Waals surface area contributed by atoms with E-state index in [1.165, 1.54) is 0 Å². The number of hydrogen-bond donors (Lipinski definition) is 4. The summed E-state index contributed by atoms with van der Waals surface area (Å²) in [6.45, 7) is 3.70. The molecule has 0 aliphatic carbocycles. The van der Waals surface area contributed by atoms with Crippen molar-refractivity contribution in [1.82, 2.24) is 5.32 Å². The third-order valence-electron chi connectivity index (χ3n) is 3.46. The molecule has 7 heteroatoms. The minimum atomic E-state index is -0.572. The normalized spacial score (nSPS) is 10.3. The summed E-state index contributed by atoms with van der Waals surface area (Å²) in [6, 6.07) is 13.4. The molecule has 0 fully saturated rings. The smallest absolute Gasteiger partial charge is 0.251 e. The van der Waals surface area contributed by atoms with E-state index in [1.807, 2.05) is 13.8 Å². The van der Waals surface area contributed by atoms with Crippen molar-refractivity contribution in [2.45, 2.75) is 19.9 Å². The third-order valence-corrected chi connectivity index (χ3v) is 3.46. The summed E-state index contributed by atoms with van der Waals surface area (Å²) < 4.78 is 0. The van der Waals surface area contributed by atoms with Gasteiger partial charge in [-0.3, -0.25) is 14.4 Å². The van der Waals surface area contributed by atoms with Crippen LogP contribution in [0.3, 0.4) is 0 Å². The van der Waals surface area contributed by atoms with Crippen LogP contribution < -0.4 is 21.7 Å². The molecule has 26 heavy (non-hydrogen) atoms. The maximum atomic E-state index is 12.1. The summed E-state index contributed by atoms with van der Waals surface area (Å²) in [5, 5.41) is 8.39. The first-order valence-corrected chi connectivity index (χ1v) is 8.20. The number of nitrogens with one attached hydrogen (secondary N) is 3. The van der Waals surface area contributed by atoms with Gasteiger partial charge in [0, 0.05) is 23.0 Å². The highest BCUT2D eigenvalue weighted by Gasteiger charge is 2.10. The van der Waals surface area contributed by atoms with E-state index < -0.39 is 5.91 Å². The first-order valence-electron chi connectivity index (χ1n) is 8.20. The minimum Gasteiger partial charge on any atom is -0.376 e. The van der Waals surface area contributed by atoms with Crippen LogP contribution in [0, 0.1) is 0 Å². The fourth-order valence-electron chi connectivity index (χ4n) is 2.32. The Morgan fingerprint density at radius 1 is 1.04 bits per heavy atom. The molecule has 0 aliphatic rings. The van der Waals surface area contributed by atoms with Gasteiger partial charge in [0.1, 0.15) is 0 Å². The molecule has 0 bridgehead atoms. The van der Waals surface area contributed by atoms with Crippen molar-refractivity contribution in [2.75, 3.05) is 17.2 Å². The van der Waals surface area contributed by atoms with E-state index in [9.17, 15) is 14.4 Å². The van der Waals surface area contributed by atoms with Gasteiger partial charge in [0.15, 0.2) is 0 Å². The van der Waals surface area contributed by atoms with Crippen LogP contribution >= 0.6 is 0 Å². The first-order chi connectivity index (χ1) is 12.4. The molecule has 2 rings (SSSR count). The quantitative estimate of drug-likeness (QED) is 0.609. The number of amides is 3. The molecule has 0 unspecified atom stereocenters.